The number of hydrogen-bond donors (Lipinski definition) is 1. The molecule has 17 heavy (non-hydrogen) atoms. The van der Waals surface area contributed by atoms with Crippen molar-refractivity contribution in [1.29, 1.82) is 0 Å². The van der Waals surface area contributed by atoms with Gasteiger partial charge in [-0.3, -0.25) is 0 Å². The van der Waals surface area contributed by atoms with Gasteiger partial charge in [-0.15, -0.1) is 11.3 Å². The van der Waals surface area contributed by atoms with E-state index in [9.17, 15) is 0 Å². The minimum atomic E-state index is 0.307. The van der Waals surface area contributed by atoms with Crippen molar-refractivity contribution < 1.29 is 4.74 Å². The topological polar surface area (TPSA) is 21.3 Å². The number of hydrogen-bond acceptors (Lipinski definition) is 3. The molecule has 0 aromatic carbocycles. The molecule has 1 unspecified atom stereocenters. The van der Waals surface area contributed by atoms with E-state index in [4.69, 9.17) is 4.74 Å². The van der Waals surface area contributed by atoms with Gasteiger partial charge in [0.15, 0.2) is 0 Å². The van der Waals surface area contributed by atoms with Gasteiger partial charge in [-0.05, 0) is 43.9 Å². The second kappa shape index (κ2) is 5.09. The van der Waals surface area contributed by atoms with Crippen LogP contribution in [0, 0.1) is 0 Å². The van der Waals surface area contributed by atoms with E-state index in [0.29, 0.717) is 6.10 Å². The van der Waals surface area contributed by atoms with E-state index in [1.165, 1.54) is 32.1 Å². The van der Waals surface area contributed by atoms with Crippen molar-refractivity contribution in [3.63, 3.8) is 0 Å². The van der Waals surface area contributed by atoms with Gasteiger partial charge in [0.25, 0.3) is 0 Å². The lowest BCUT2D eigenvalue weighted by molar-refractivity contribution is 0.0444. The Morgan fingerprint density at radius 1 is 1.18 bits per heavy atom. The summed E-state index contributed by atoms with van der Waals surface area (Å²) in [6.45, 7) is 1.86. The van der Waals surface area contributed by atoms with E-state index in [1.54, 1.807) is 20.9 Å². The van der Waals surface area contributed by atoms with Crippen LogP contribution in [0.2, 0.25) is 0 Å². The first-order valence-corrected chi connectivity index (χ1v) is 7.61. The summed E-state index contributed by atoms with van der Waals surface area (Å²) in [7, 11) is 2.02. The lowest BCUT2D eigenvalue weighted by atomic mass is 9.97. The molecule has 3 heteroatoms. The molecule has 0 saturated heterocycles. The largest absolute Gasteiger partial charge is 0.372 e. The minimum absolute atomic E-state index is 0.307. The molecule has 0 amide bonds. The van der Waals surface area contributed by atoms with Crippen molar-refractivity contribution in [3.05, 3.63) is 20.9 Å². The van der Waals surface area contributed by atoms with Gasteiger partial charge in [0, 0.05) is 22.7 Å². The molecule has 0 bridgehead atoms. The van der Waals surface area contributed by atoms with Crippen molar-refractivity contribution in [3.8, 4) is 0 Å². The molecule has 1 aromatic heterocycles. The smallest absolute Gasteiger partial charge is 0.0962 e. The molecule has 2 nitrogen and oxygen atoms in total. The van der Waals surface area contributed by atoms with Crippen LogP contribution in [0.4, 0.5) is 0 Å². The highest BCUT2D eigenvalue weighted by Gasteiger charge is 2.28. The second-order valence-electron chi connectivity index (χ2n) is 5.07. The van der Waals surface area contributed by atoms with Gasteiger partial charge in [-0.1, -0.05) is 6.42 Å². The first kappa shape index (κ1) is 11.7. The number of fused-ring (bicyclic) bond motifs is 3. The summed E-state index contributed by atoms with van der Waals surface area (Å²) >= 11 is 2.07. The molecule has 0 radical (unpaired) electrons. The van der Waals surface area contributed by atoms with Crippen LogP contribution in [0.3, 0.4) is 0 Å². The Morgan fingerprint density at radius 3 is 2.94 bits per heavy atom. The summed E-state index contributed by atoms with van der Waals surface area (Å²) in [5, 5.41) is 3.27. The van der Waals surface area contributed by atoms with E-state index in [1.807, 2.05) is 7.05 Å². The Bertz CT molecular complexity index is 399. The summed E-state index contributed by atoms with van der Waals surface area (Å²) in [4.78, 5) is 3.28. The molecular weight excluding hydrogens is 230 g/mol. The highest BCUT2D eigenvalue weighted by Crippen LogP contribution is 2.40. The van der Waals surface area contributed by atoms with E-state index in [2.05, 4.69) is 16.7 Å². The molecule has 0 spiro atoms. The van der Waals surface area contributed by atoms with E-state index in [0.717, 1.165) is 19.6 Å². The van der Waals surface area contributed by atoms with Crippen molar-refractivity contribution in [2.24, 2.45) is 0 Å². The number of nitrogens with one attached hydrogen (secondary N) is 1. The van der Waals surface area contributed by atoms with Crippen molar-refractivity contribution in [1.82, 2.24) is 5.32 Å². The number of thiophene rings is 1. The number of likely N-dealkylation sites (N-methyl/N-ethyl adjacent to an activating group) is 1. The fourth-order valence-corrected chi connectivity index (χ4v) is 4.54. The maximum absolute atomic E-state index is 5.95. The molecule has 0 saturated carbocycles. The molecule has 2 aliphatic rings. The zero-order valence-electron chi connectivity index (χ0n) is 10.6. The molecule has 3 rings (SSSR count). The van der Waals surface area contributed by atoms with Crippen LogP contribution >= 0.6 is 11.3 Å². The van der Waals surface area contributed by atoms with E-state index in [-0.39, 0.29) is 0 Å². The zero-order valence-corrected chi connectivity index (χ0v) is 11.4. The lowest BCUT2D eigenvalue weighted by Crippen LogP contribution is -2.25. The Balaban J connectivity index is 1.99. The second-order valence-corrected chi connectivity index (χ2v) is 6.26. The Labute approximate surface area is 107 Å². The molecule has 1 N–H and O–H groups in total. The predicted molar refractivity (Wildman–Crippen MR) is 71.9 cm³/mol. The Morgan fingerprint density at radius 2 is 2.06 bits per heavy atom. The van der Waals surface area contributed by atoms with Gasteiger partial charge in [-0.2, -0.15) is 0 Å². The summed E-state index contributed by atoms with van der Waals surface area (Å²) in [5.74, 6) is 0. The van der Waals surface area contributed by atoms with E-state index >= 15 is 0 Å². The van der Waals surface area contributed by atoms with Crippen molar-refractivity contribution >= 4 is 11.3 Å². The molecule has 1 aliphatic carbocycles. The predicted octanol–water partition coefficient (Wildman–Crippen LogP) is 2.85. The maximum Gasteiger partial charge on any atom is 0.0962 e. The number of rotatable bonds is 2. The Kier molecular flexibility index (Phi) is 3.50. The molecule has 1 aliphatic heterocycles. The molecule has 94 valence electrons. The number of ether oxygens (including phenoxy) is 1. The minimum Gasteiger partial charge on any atom is -0.372 e. The van der Waals surface area contributed by atoms with Crippen LogP contribution in [0.5, 0.6) is 0 Å². The summed E-state index contributed by atoms with van der Waals surface area (Å²) in [5.41, 5.74) is 3.22. The van der Waals surface area contributed by atoms with Gasteiger partial charge in [0.2, 0.25) is 0 Å². The van der Waals surface area contributed by atoms with Gasteiger partial charge in [0.05, 0.1) is 12.7 Å². The fraction of sp³-hybridized carbons (Fsp3) is 0.714. The molecule has 2 heterocycles. The first-order chi connectivity index (χ1) is 8.40. The third-order valence-corrected chi connectivity index (χ3v) is 5.27. The number of aryl methyl sites for hydroxylation is 1. The van der Waals surface area contributed by atoms with Crippen LogP contribution < -0.4 is 5.32 Å². The van der Waals surface area contributed by atoms with Crippen molar-refractivity contribution in [2.45, 2.75) is 44.6 Å². The standard InChI is InChI=1S/C14H21NOS/c1-15-9-11-14-10-5-3-2-4-6-12(10)17-13(14)7-8-16-11/h11,15H,2-9H2,1H3. The fourth-order valence-electron chi connectivity index (χ4n) is 3.11. The highest BCUT2D eigenvalue weighted by molar-refractivity contribution is 7.12. The van der Waals surface area contributed by atoms with E-state index < -0.39 is 0 Å². The summed E-state index contributed by atoms with van der Waals surface area (Å²) < 4.78 is 5.95. The molecular formula is C14H21NOS. The monoisotopic (exact) mass is 251 g/mol. The SMILES string of the molecule is CNCC1OCCc2sc3c(c21)CCCCC3. The normalized spacial score (nSPS) is 23.9. The van der Waals surface area contributed by atoms with Crippen LogP contribution in [0.25, 0.3) is 0 Å². The molecule has 1 atom stereocenters. The first-order valence-electron chi connectivity index (χ1n) is 6.79. The molecule has 1 aromatic rings. The quantitative estimate of drug-likeness (QED) is 0.816. The average Bonchev–Trinajstić information content (AvgIpc) is 2.54. The van der Waals surface area contributed by atoms with Crippen LogP contribution in [0.15, 0.2) is 0 Å². The van der Waals surface area contributed by atoms with Crippen LogP contribution in [-0.4, -0.2) is 20.2 Å². The van der Waals surface area contributed by atoms with Crippen molar-refractivity contribution in [2.75, 3.05) is 20.2 Å². The van der Waals surface area contributed by atoms with Crippen LogP contribution in [-0.2, 0) is 24.0 Å². The third kappa shape index (κ3) is 2.16. The lowest BCUT2D eigenvalue weighted by Gasteiger charge is -2.24. The van der Waals surface area contributed by atoms with Gasteiger partial charge < -0.3 is 10.1 Å². The zero-order chi connectivity index (χ0) is 11.7. The van der Waals surface area contributed by atoms with Gasteiger partial charge in [0.1, 0.15) is 0 Å². The van der Waals surface area contributed by atoms with Crippen LogP contribution in [0.1, 0.15) is 46.2 Å². The summed E-state index contributed by atoms with van der Waals surface area (Å²) in [6.07, 6.45) is 8.17. The molecule has 0 fully saturated rings. The van der Waals surface area contributed by atoms with Gasteiger partial charge >= 0.3 is 0 Å². The Hall–Kier alpha value is -0.380. The summed E-state index contributed by atoms with van der Waals surface area (Å²) in [6, 6.07) is 0. The highest BCUT2D eigenvalue weighted by atomic mass is 32.1. The maximum atomic E-state index is 5.95. The third-order valence-electron chi connectivity index (χ3n) is 3.90. The average molecular weight is 251 g/mol. The van der Waals surface area contributed by atoms with Gasteiger partial charge in [-0.25, -0.2) is 0 Å².